The van der Waals surface area contributed by atoms with Gasteiger partial charge in [-0.25, -0.2) is 4.79 Å². The fourth-order valence-electron chi connectivity index (χ4n) is 1.54. The SMILES string of the molecule is C=CCC(NC(=O)COc1ccc(Cl)cc1C)C(=O)O. The van der Waals surface area contributed by atoms with Gasteiger partial charge < -0.3 is 15.2 Å². The Morgan fingerprint density at radius 3 is 2.80 bits per heavy atom. The van der Waals surface area contributed by atoms with E-state index in [0.717, 1.165) is 5.56 Å². The zero-order valence-corrected chi connectivity index (χ0v) is 11.8. The molecule has 6 heteroatoms. The van der Waals surface area contributed by atoms with E-state index in [9.17, 15) is 9.59 Å². The molecule has 0 fully saturated rings. The molecule has 1 amide bonds. The maximum Gasteiger partial charge on any atom is 0.326 e. The number of hydrogen-bond acceptors (Lipinski definition) is 3. The van der Waals surface area contributed by atoms with Gasteiger partial charge in [0, 0.05) is 5.02 Å². The first-order valence-electron chi connectivity index (χ1n) is 5.96. The van der Waals surface area contributed by atoms with Crippen molar-refractivity contribution >= 4 is 23.5 Å². The van der Waals surface area contributed by atoms with Crippen LogP contribution in [0.1, 0.15) is 12.0 Å². The van der Waals surface area contributed by atoms with Crippen molar-refractivity contribution in [3.05, 3.63) is 41.4 Å². The Morgan fingerprint density at radius 1 is 1.55 bits per heavy atom. The maximum atomic E-state index is 11.6. The summed E-state index contributed by atoms with van der Waals surface area (Å²) in [6.45, 7) is 4.99. The van der Waals surface area contributed by atoms with Gasteiger partial charge >= 0.3 is 5.97 Å². The van der Waals surface area contributed by atoms with Crippen LogP contribution < -0.4 is 10.1 Å². The third kappa shape index (κ3) is 4.93. The van der Waals surface area contributed by atoms with E-state index in [1.54, 1.807) is 25.1 Å². The fraction of sp³-hybridized carbons (Fsp3) is 0.286. The number of benzene rings is 1. The van der Waals surface area contributed by atoms with Crippen LogP contribution in [0, 0.1) is 6.92 Å². The van der Waals surface area contributed by atoms with E-state index in [1.807, 2.05) is 0 Å². The van der Waals surface area contributed by atoms with Crippen LogP contribution >= 0.6 is 11.6 Å². The third-order valence-electron chi connectivity index (χ3n) is 2.53. The lowest BCUT2D eigenvalue weighted by Gasteiger charge is -2.13. The van der Waals surface area contributed by atoms with Crippen molar-refractivity contribution < 1.29 is 19.4 Å². The number of carboxylic acids is 1. The van der Waals surface area contributed by atoms with Crippen LogP contribution in [0.25, 0.3) is 0 Å². The predicted molar refractivity (Wildman–Crippen MR) is 76.1 cm³/mol. The summed E-state index contributed by atoms with van der Waals surface area (Å²) < 4.78 is 5.32. The van der Waals surface area contributed by atoms with Crippen LogP contribution in [0.3, 0.4) is 0 Å². The topological polar surface area (TPSA) is 75.6 Å². The normalized spacial score (nSPS) is 11.5. The van der Waals surface area contributed by atoms with Gasteiger partial charge in [-0.1, -0.05) is 17.7 Å². The molecule has 5 nitrogen and oxygen atoms in total. The molecule has 1 aromatic carbocycles. The third-order valence-corrected chi connectivity index (χ3v) is 2.77. The predicted octanol–water partition coefficient (Wildman–Crippen LogP) is 2.17. The second kappa shape index (κ2) is 7.55. The number of amides is 1. The molecule has 2 N–H and O–H groups in total. The van der Waals surface area contributed by atoms with Gasteiger partial charge in [0.2, 0.25) is 0 Å². The Bertz CT molecular complexity index is 516. The summed E-state index contributed by atoms with van der Waals surface area (Å²) in [4.78, 5) is 22.5. The van der Waals surface area contributed by atoms with E-state index in [4.69, 9.17) is 21.4 Å². The largest absolute Gasteiger partial charge is 0.484 e. The van der Waals surface area contributed by atoms with Crippen molar-refractivity contribution in [2.45, 2.75) is 19.4 Å². The molecular weight excluding hydrogens is 282 g/mol. The van der Waals surface area contributed by atoms with E-state index < -0.39 is 17.9 Å². The van der Waals surface area contributed by atoms with E-state index in [2.05, 4.69) is 11.9 Å². The van der Waals surface area contributed by atoms with Crippen molar-refractivity contribution in [3.8, 4) is 5.75 Å². The first-order valence-corrected chi connectivity index (χ1v) is 6.34. The lowest BCUT2D eigenvalue weighted by atomic mass is 10.2. The highest BCUT2D eigenvalue weighted by molar-refractivity contribution is 6.30. The number of carboxylic acid groups (broad SMARTS) is 1. The first-order chi connectivity index (χ1) is 9.43. The molecule has 1 aromatic rings. The van der Waals surface area contributed by atoms with Gasteiger partial charge in [-0.15, -0.1) is 6.58 Å². The second-order valence-electron chi connectivity index (χ2n) is 4.18. The quantitative estimate of drug-likeness (QED) is 0.756. The Balaban J connectivity index is 2.54. The molecule has 1 atom stereocenters. The van der Waals surface area contributed by atoms with Gasteiger partial charge in [0.15, 0.2) is 6.61 Å². The first kappa shape index (κ1) is 16.0. The number of hydrogen-bond donors (Lipinski definition) is 2. The minimum absolute atomic E-state index is 0.154. The molecule has 0 aliphatic heterocycles. The minimum Gasteiger partial charge on any atom is -0.484 e. The van der Waals surface area contributed by atoms with Gasteiger partial charge in [-0.3, -0.25) is 4.79 Å². The summed E-state index contributed by atoms with van der Waals surface area (Å²) in [7, 11) is 0. The number of ether oxygens (including phenoxy) is 1. The van der Waals surface area contributed by atoms with Crippen LogP contribution in [0.15, 0.2) is 30.9 Å². The molecule has 108 valence electrons. The highest BCUT2D eigenvalue weighted by atomic mass is 35.5. The Kier molecular flexibility index (Phi) is 6.06. The number of nitrogens with one attached hydrogen (secondary N) is 1. The van der Waals surface area contributed by atoms with Crippen molar-refractivity contribution in [1.82, 2.24) is 5.32 Å². The molecule has 0 aliphatic rings. The molecular formula is C14H16ClNO4. The van der Waals surface area contributed by atoms with Crippen LogP contribution in [-0.2, 0) is 9.59 Å². The van der Waals surface area contributed by atoms with Crippen LogP contribution in [0.5, 0.6) is 5.75 Å². The maximum absolute atomic E-state index is 11.6. The molecule has 20 heavy (non-hydrogen) atoms. The van der Waals surface area contributed by atoms with Crippen molar-refractivity contribution in [1.29, 1.82) is 0 Å². The molecule has 1 rings (SSSR count). The lowest BCUT2D eigenvalue weighted by molar-refractivity contribution is -0.142. The highest BCUT2D eigenvalue weighted by Crippen LogP contribution is 2.21. The van der Waals surface area contributed by atoms with Gasteiger partial charge in [0.05, 0.1) is 0 Å². The fourth-order valence-corrected chi connectivity index (χ4v) is 1.77. The Labute approximate surface area is 122 Å². The van der Waals surface area contributed by atoms with Gasteiger partial charge in [0.1, 0.15) is 11.8 Å². The number of aryl methyl sites for hydroxylation is 1. The molecule has 0 saturated heterocycles. The number of halogens is 1. The molecule has 0 bridgehead atoms. The van der Waals surface area contributed by atoms with E-state index in [1.165, 1.54) is 6.08 Å². The summed E-state index contributed by atoms with van der Waals surface area (Å²) in [6, 6.07) is 4.03. The second-order valence-corrected chi connectivity index (χ2v) is 4.62. The number of rotatable bonds is 7. The van der Waals surface area contributed by atoms with E-state index >= 15 is 0 Å². The molecule has 0 heterocycles. The lowest BCUT2D eigenvalue weighted by Crippen LogP contribution is -2.42. The molecule has 0 radical (unpaired) electrons. The Morgan fingerprint density at radius 2 is 2.25 bits per heavy atom. The number of carbonyl (C=O) groups is 2. The summed E-state index contributed by atoms with van der Waals surface area (Å²) in [5, 5.41) is 11.8. The highest BCUT2D eigenvalue weighted by Gasteiger charge is 2.18. The van der Waals surface area contributed by atoms with E-state index in [0.29, 0.717) is 10.8 Å². The number of carbonyl (C=O) groups excluding carboxylic acids is 1. The molecule has 0 spiro atoms. The standard InChI is InChI=1S/C14H16ClNO4/c1-3-4-11(14(18)19)16-13(17)8-20-12-6-5-10(15)7-9(12)2/h3,5-7,11H,1,4,8H2,2H3,(H,16,17)(H,18,19). The number of aliphatic carboxylic acids is 1. The summed E-state index contributed by atoms with van der Waals surface area (Å²) in [5.74, 6) is -1.09. The molecule has 0 aromatic heterocycles. The molecule has 0 aliphatic carbocycles. The average Bonchev–Trinajstić information content (AvgIpc) is 2.37. The van der Waals surface area contributed by atoms with Gasteiger partial charge in [-0.05, 0) is 37.1 Å². The Hall–Kier alpha value is -2.01. The van der Waals surface area contributed by atoms with Gasteiger partial charge in [-0.2, -0.15) is 0 Å². The zero-order chi connectivity index (χ0) is 15.1. The minimum atomic E-state index is -1.11. The van der Waals surface area contributed by atoms with Crippen LogP contribution in [0.2, 0.25) is 5.02 Å². The average molecular weight is 298 g/mol. The molecule has 0 saturated carbocycles. The van der Waals surface area contributed by atoms with Crippen molar-refractivity contribution in [2.75, 3.05) is 6.61 Å². The van der Waals surface area contributed by atoms with E-state index in [-0.39, 0.29) is 13.0 Å². The molecule has 1 unspecified atom stereocenters. The summed E-state index contributed by atoms with van der Waals surface area (Å²) in [5.41, 5.74) is 0.797. The smallest absolute Gasteiger partial charge is 0.326 e. The zero-order valence-electron chi connectivity index (χ0n) is 11.1. The van der Waals surface area contributed by atoms with Crippen molar-refractivity contribution in [3.63, 3.8) is 0 Å². The summed E-state index contributed by atoms with van der Waals surface area (Å²) in [6.07, 6.45) is 1.59. The summed E-state index contributed by atoms with van der Waals surface area (Å²) >= 11 is 5.81. The van der Waals surface area contributed by atoms with Crippen LogP contribution in [0.4, 0.5) is 0 Å². The van der Waals surface area contributed by atoms with Gasteiger partial charge in [0.25, 0.3) is 5.91 Å². The van der Waals surface area contributed by atoms with Crippen LogP contribution in [-0.4, -0.2) is 29.6 Å². The monoisotopic (exact) mass is 297 g/mol. The van der Waals surface area contributed by atoms with Crippen molar-refractivity contribution in [2.24, 2.45) is 0 Å².